The van der Waals surface area contributed by atoms with Crippen molar-refractivity contribution < 1.29 is 4.74 Å². The molecule has 0 radical (unpaired) electrons. The lowest BCUT2D eigenvalue weighted by Crippen LogP contribution is -2.39. The van der Waals surface area contributed by atoms with Crippen molar-refractivity contribution in [2.75, 3.05) is 13.2 Å². The van der Waals surface area contributed by atoms with Gasteiger partial charge in [-0.15, -0.1) is 0 Å². The summed E-state index contributed by atoms with van der Waals surface area (Å²) in [4.78, 5) is 0. The van der Waals surface area contributed by atoms with Crippen LogP contribution in [0.3, 0.4) is 0 Å². The van der Waals surface area contributed by atoms with Crippen LogP contribution in [-0.2, 0) is 0 Å². The highest BCUT2D eigenvalue weighted by Crippen LogP contribution is 2.26. The third-order valence-corrected chi connectivity index (χ3v) is 4.17. The van der Waals surface area contributed by atoms with E-state index in [2.05, 4.69) is 12.2 Å². The Morgan fingerprint density at radius 2 is 1.95 bits per heavy atom. The molecule has 0 aliphatic heterocycles. The molecular formula is C17H27NO. The summed E-state index contributed by atoms with van der Waals surface area (Å²) in [5.41, 5.74) is 0. The molecule has 0 bridgehead atoms. The zero-order chi connectivity index (χ0) is 13.3. The summed E-state index contributed by atoms with van der Waals surface area (Å²) in [6.45, 7) is 4.21. The van der Waals surface area contributed by atoms with Gasteiger partial charge in [-0.1, -0.05) is 44.4 Å². The number of hydrogen-bond acceptors (Lipinski definition) is 2. The van der Waals surface area contributed by atoms with E-state index in [0.29, 0.717) is 0 Å². The van der Waals surface area contributed by atoms with Crippen LogP contribution < -0.4 is 10.1 Å². The second-order valence-electron chi connectivity index (χ2n) is 5.53. The normalized spacial score (nSPS) is 23.2. The van der Waals surface area contributed by atoms with Gasteiger partial charge in [-0.05, 0) is 43.9 Å². The highest BCUT2D eigenvalue weighted by Gasteiger charge is 2.22. The first-order chi connectivity index (χ1) is 9.40. The second kappa shape index (κ2) is 8.21. The molecule has 0 amide bonds. The van der Waals surface area contributed by atoms with E-state index in [1.807, 2.05) is 30.3 Å². The molecule has 19 heavy (non-hydrogen) atoms. The maximum atomic E-state index is 5.71. The number of para-hydroxylation sites is 1. The predicted octanol–water partition coefficient (Wildman–Crippen LogP) is 4.01. The number of nitrogens with one attached hydrogen (secondary N) is 1. The van der Waals surface area contributed by atoms with E-state index in [-0.39, 0.29) is 0 Å². The molecule has 1 aromatic carbocycles. The topological polar surface area (TPSA) is 21.3 Å². The number of ether oxygens (including phenoxy) is 1. The van der Waals surface area contributed by atoms with Crippen LogP contribution in [0.4, 0.5) is 0 Å². The minimum absolute atomic E-state index is 0.746. The molecule has 1 fully saturated rings. The van der Waals surface area contributed by atoms with Crippen LogP contribution >= 0.6 is 0 Å². The highest BCUT2D eigenvalue weighted by molar-refractivity contribution is 5.20. The minimum atomic E-state index is 0.746. The fraction of sp³-hybridized carbons (Fsp3) is 0.647. The van der Waals surface area contributed by atoms with Crippen molar-refractivity contribution in [2.45, 2.75) is 51.5 Å². The van der Waals surface area contributed by atoms with Gasteiger partial charge in [0.2, 0.25) is 0 Å². The number of benzene rings is 1. The second-order valence-corrected chi connectivity index (χ2v) is 5.53. The molecule has 0 saturated heterocycles. The molecule has 0 heterocycles. The SMILES string of the molecule is CCC1CCCCC1NCCCOc1ccccc1. The lowest BCUT2D eigenvalue weighted by atomic mass is 9.83. The summed E-state index contributed by atoms with van der Waals surface area (Å²) >= 11 is 0. The summed E-state index contributed by atoms with van der Waals surface area (Å²) in [5, 5.41) is 3.73. The largest absolute Gasteiger partial charge is 0.494 e. The summed E-state index contributed by atoms with van der Waals surface area (Å²) in [6.07, 6.45) is 8.00. The van der Waals surface area contributed by atoms with E-state index in [9.17, 15) is 0 Å². The fourth-order valence-corrected chi connectivity index (χ4v) is 3.03. The Balaban J connectivity index is 1.58. The molecule has 1 aliphatic rings. The van der Waals surface area contributed by atoms with Gasteiger partial charge in [0.15, 0.2) is 0 Å². The van der Waals surface area contributed by atoms with Crippen molar-refractivity contribution in [1.29, 1.82) is 0 Å². The molecule has 0 spiro atoms. The first-order valence-corrected chi connectivity index (χ1v) is 7.81. The van der Waals surface area contributed by atoms with Gasteiger partial charge in [-0.3, -0.25) is 0 Å². The smallest absolute Gasteiger partial charge is 0.119 e. The molecule has 0 aromatic heterocycles. The van der Waals surface area contributed by atoms with Gasteiger partial charge in [0.1, 0.15) is 5.75 Å². The van der Waals surface area contributed by atoms with Crippen molar-refractivity contribution in [3.8, 4) is 5.75 Å². The Labute approximate surface area is 117 Å². The van der Waals surface area contributed by atoms with Gasteiger partial charge < -0.3 is 10.1 Å². The summed E-state index contributed by atoms with van der Waals surface area (Å²) in [6, 6.07) is 10.8. The Morgan fingerprint density at radius 1 is 1.16 bits per heavy atom. The van der Waals surface area contributed by atoms with Gasteiger partial charge in [0.05, 0.1) is 6.61 Å². The first kappa shape index (κ1) is 14.4. The molecule has 106 valence electrons. The monoisotopic (exact) mass is 261 g/mol. The number of hydrogen-bond donors (Lipinski definition) is 1. The molecule has 2 heteroatoms. The third-order valence-electron chi connectivity index (χ3n) is 4.17. The van der Waals surface area contributed by atoms with Gasteiger partial charge in [-0.2, -0.15) is 0 Å². The molecule has 1 saturated carbocycles. The fourth-order valence-electron chi connectivity index (χ4n) is 3.03. The van der Waals surface area contributed by atoms with Gasteiger partial charge in [0, 0.05) is 6.04 Å². The standard InChI is InChI=1S/C17H27NO/c1-2-15-9-6-7-12-17(15)18-13-8-14-19-16-10-4-3-5-11-16/h3-5,10-11,15,17-18H,2,6-9,12-14H2,1H3. The van der Waals surface area contributed by atoms with Gasteiger partial charge in [-0.25, -0.2) is 0 Å². The Kier molecular flexibility index (Phi) is 6.22. The molecule has 2 unspecified atom stereocenters. The molecule has 2 nitrogen and oxygen atoms in total. The summed E-state index contributed by atoms with van der Waals surface area (Å²) in [7, 11) is 0. The van der Waals surface area contributed by atoms with E-state index in [4.69, 9.17) is 4.74 Å². The lowest BCUT2D eigenvalue weighted by Gasteiger charge is -2.31. The van der Waals surface area contributed by atoms with Crippen LogP contribution in [0.1, 0.15) is 45.4 Å². The third kappa shape index (κ3) is 4.87. The van der Waals surface area contributed by atoms with Crippen LogP contribution in [0, 0.1) is 5.92 Å². The Morgan fingerprint density at radius 3 is 2.74 bits per heavy atom. The van der Waals surface area contributed by atoms with Crippen molar-refractivity contribution in [1.82, 2.24) is 5.32 Å². The van der Waals surface area contributed by atoms with E-state index >= 15 is 0 Å². The van der Waals surface area contributed by atoms with Crippen molar-refractivity contribution in [3.05, 3.63) is 30.3 Å². The summed E-state index contributed by atoms with van der Waals surface area (Å²) in [5.74, 6) is 1.87. The Bertz CT molecular complexity index is 338. The van der Waals surface area contributed by atoms with Crippen molar-refractivity contribution in [2.24, 2.45) is 5.92 Å². The average molecular weight is 261 g/mol. The predicted molar refractivity (Wildman–Crippen MR) is 80.6 cm³/mol. The molecule has 2 atom stereocenters. The first-order valence-electron chi connectivity index (χ1n) is 7.81. The quantitative estimate of drug-likeness (QED) is 0.749. The highest BCUT2D eigenvalue weighted by atomic mass is 16.5. The zero-order valence-corrected chi connectivity index (χ0v) is 12.1. The van der Waals surface area contributed by atoms with Crippen LogP contribution in [0.15, 0.2) is 30.3 Å². The lowest BCUT2D eigenvalue weighted by molar-refractivity contribution is 0.245. The zero-order valence-electron chi connectivity index (χ0n) is 12.1. The average Bonchev–Trinajstić information content (AvgIpc) is 2.48. The van der Waals surface area contributed by atoms with Gasteiger partial charge >= 0.3 is 0 Å². The molecule has 1 aliphatic carbocycles. The van der Waals surface area contributed by atoms with Crippen LogP contribution in [0.25, 0.3) is 0 Å². The van der Waals surface area contributed by atoms with E-state index in [1.54, 1.807) is 0 Å². The van der Waals surface area contributed by atoms with Crippen molar-refractivity contribution >= 4 is 0 Å². The van der Waals surface area contributed by atoms with E-state index < -0.39 is 0 Å². The van der Waals surface area contributed by atoms with Crippen LogP contribution in [0.5, 0.6) is 5.75 Å². The molecule has 1 N–H and O–H groups in total. The Hall–Kier alpha value is -1.02. The summed E-state index contributed by atoms with van der Waals surface area (Å²) < 4.78 is 5.71. The maximum Gasteiger partial charge on any atom is 0.119 e. The molecule has 2 rings (SSSR count). The van der Waals surface area contributed by atoms with Crippen LogP contribution in [-0.4, -0.2) is 19.2 Å². The maximum absolute atomic E-state index is 5.71. The minimum Gasteiger partial charge on any atom is -0.494 e. The van der Waals surface area contributed by atoms with E-state index in [1.165, 1.54) is 32.1 Å². The molecule has 1 aromatic rings. The van der Waals surface area contributed by atoms with E-state index in [0.717, 1.165) is 37.3 Å². The van der Waals surface area contributed by atoms with Gasteiger partial charge in [0.25, 0.3) is 0 Å². The molecular weight excluding hydrogens is 234 g/mol. The van der Waals surface area contributed by atoms with Crippen LogP contribution in [0.2, 0.25) is 0 Å². The van der Waals surface area contributed by atoms with Crippen molar-refractivity contribution in [3.63, 3.8) is 0 Å². The number of rotatable bonds is 7.